The maximum Gasteiger partial charge on any atom is 0.271 e. The number of nitrogens with zero attached hydrogens (tertiary/aromatic N) is 2. The molecular weight excluding hydrogens is 372 g/mol. The fourth-order valence-corrected chi connectivity index (χ4v) is 3.52. The average molecular weight is 394 g/mol. The summed E-state index contributed by atoms with van der Waals surface area (Å²) in [7, 11) is 1.58. The quantitative estimate of drug-likeness (QED) is 0.550. The summed E-state index contributed by atoms with van der Waals surface area (Å²) in [4.78, 5) is 19.1. The van der Waals surface area contributed by atoms with Crippen LogP contribution in [0.4, 0.5) is 10.8 Å². The molecule has 6 heteroatoms. The van der Waals surface area contributed by atoms with Gasteiger partial charge >= 0.3 is 0 Å². The van der Waals surface area contributed by atoms with Crippen molar-refractivity contribution >= 4 is 34.1 Å². The number of methoxy groups -OCH3 is 1. The van der Waals surface area contributed by atoms with Crippen molar-refractivity contribution in [2.45, 2.75) is 13.8 Å². The molecule has 28 heavy (non-hydrogen) atoms. The van der Waals surface area contributed by atoms with Crippen molar-refractivity contribution in [1.29, 1.82) is 0 Å². The van der Waals surface area contributed by atoms with Crippen molar-refractivity contribution in [1.82, 2.24) is 4.98 Å². The first kappa shape index (κ1) is 19.6. The number of aromatic nitrogens is 1. The Bertz CT molecular complexity index is 967. The zero-order chi connectivity index (χ0) is 19.9. The maximum atomic E-state index is 13.0. The summed E-state index contributed by atoms with van der Waals surface area (Å²) in [5, 5.41) is 2.54. The molecule has 0 saturated carbocycles. The van der Waals surface area contributed by atoms with Crippen LogP contribution in [0.3, 0.4) is 0 Å². The Morgan fingerprint density at radius 1 is 1.18 bits per heavy atom. The Kier molecular flexibility index (Phi) is 6.45. The average Bonchev–Trinajstić information content (AvgIpc) is 3.13. The summed E-state index contributed by atoms with van der Waals surface area (Å²) in [6.07, 6.45) is 3.92. The molecule has 144 valence electrons. The van der Waals surface area contributed by atoms with Crippen molar-refractivity contribution in [2.24, 2.45) is 0 Å². The lowest BCUT2D eigenvalue weighted by atomic mass is 10.2. The second-order valence-electron chi connectivity index (χ2n) is 6.04. The number of hydrogen-bond donors (Lipinski definition) is 0. The summed E-state index contributed by atoms with van der Waals surface area (Å²) in [6.45, 7) is 3.72. The normalized spacial score (nSPS) is 10.8. The van der Waals surface area contributed by atoms with Gasteiger partial charge in [0.1, 0.15) is 0 Å². The van der Waals surface area contributed by atoms with Gasteiger partial charge in [-0.3, -0.25) is 9.69 Å². The van der Waals surface area contributed by atoms with E-state index in [0.29, 0.717) is 16.6 Å². The van der Waals surface area contributed by atoms with Gasteiger partial charge < -0.3 is 9.47 Å². The minimum absolute atomic E-state index is 0.132. The first-order chi connectivity index (χ1) is 13.6. The third-order valence-electron chi connectivity index (χ3n) is 3.96. The van der Waals surface area contributed by atoms with Crippen molar-refractivity contribution < 1.29 is 14.3 Å². The predicted molar refractivity (Wildman–Crippen MR) is 114 cm³/mol. The highest BCUT2D eigenvalue weighted by atomic mass is 32.1. The van der Waals surface area contributed by atoms with Gasteiger partial charge in [0.2, 0.25) is 0 Å². The van der Waals surface area contributed by atoms with Gasteiger partial charge in [-0.1, -0.05) is 36.4 Å². The van der Waals surface area contributed by atoms with E-state index in [1.165, 1.54) is 11.3 Å². The first-order valence-electron chi connectivity index (χ1n) is 8.86. The van der Waals surface area contributed by atoms with E-state index in [4.69, 9.17) is 9.47 Å². The van der Waals surface area contributed by atoms with Crippen LogP contribution in [0.5, 0.6) is 11.5 Å². The molecule has 0 aliphatic rings. The van der Waals surface area contributed by atoms with Crippen molar-refractivity contribution in [2.75, 3.05) is 18.6 Å². The van der Waals surface area contributed by atoms with Gasteiger partial charge in [-0.2, -0.15) is 0 Å². The largest absolute Gasteiger partial charge is 0.493 e. The Hall–Kier alpha value is -3.12. The molecular formula is C22H22N2O3S. The van der Waals surface area contributed by atoms with Crippen LogP contribution in [0.2, 0.25) is 0 Å². The van der Waals surface area contributed by atoms with Crippen LogP contribution >= 0.6 is 11.3 Å². The number of rotatable bonds is 7. The fraction of sp³-hybridized carbons (Fsp3) is 0.182. The lowest BCUT2D eigenvalue weighted by Crippen LogP contribution is -2.31. The van der Waals surface area contributed by atoms with Crippen LogP contribution in [-0.4, -0.2) is 24.6 Å². The van der Waals surface area contributed by atoms with Gasteiger partial charge in [0.15, 0.2) is 23.2 Å². The molecule has 2 aromatic carbocycles. The van der Waals surface area contributed by atoms with Gasteiger partial charge in [0.25, 0.3) is 5.91 Å². The number of carbonyl (C=O) groups is 1. The number of benzene rings is 2. The minimum atomic E-state index is -0.208. The fourth-order valence-electron chi connectivity index (χ4n) is 2.69. The highest BCUT2D eigenvalue weighted by molar-refractivity contribution is 7.14. The molecule has 1 aromatic heterocycles. The van der Waals surface area contributed by atoms with E-state index in [-0.39, 0.29) is 12.5 Å². The maximum absolute atomic E-state index is 13.0. The first-order valence-corrected chi connectivity index (χ1v) is 9.74. The zero-order valence-corrected chi connectivity index (χ0v) is 16.9. The van der Waals surface area contributed by atoms with Crippen molar-refractivity contribution in [3.05, 3.63) is 71.2 Å². The van der Waals surface area contributed by atoms with Gasteiger partial charge in [0, 0.05) is 5.38 Å². The molecule has 0 aliphatic carbocycles. The molecule has 0 fully saturated rings. The van der Waals surface area contributed by atoms with E-state index in [1.807, 2.05) is 79.9 Å². The molecule has 0 spiro atoms. The molecule has 0 unspecified atom stereocenters. The van der Waals surface area contributed by atoms with Crippen LogP contribution in [0, 0.1) is 6.92 Å². The highest BCUT2D eigenvalue weighted by Gasteiger charge is 2.22. The molecule has 0 saturated heterocycles. The topological polar surface area (TPSA) is 51.7 Å². The number of carbonyl (C=O) groups excluding carboxylic acids is 1. The number of allylic oxidation sites excluding steroid dienone is 1. The summed E-state index contributed by atoms with van der Waals surface area (Å²) < 4.78 is 11.2. The van der Waals surface area contributed by atoms with Crippen molar-refractivity contribution in [3.63, 3.8) is 0 Å². The Balaban J connectivity index is 1.81. The van der Waals surface area contributed by atoms with E-state index in [2.05, 4.69) is 4.98 Å². The van der Waals surface area contributed by atoms with Gasteiger partial charge in [0.05, 0.1) is 18.5 Å². The number of amides is 1. The third kappa shape index (κ3) is 4.58. The molecule has 3 aromatic rings. The molecule has 1 heterocycles. The SMILES string of the molecule is C/C=C/c1ccc(OCC(=O)N(c2ccccc2)c2nc(C)cs2)c(OC)c1. The summed E-state index contributed by atoms with van der Waals surface area (Å²) in [5.41, 5.74) is 2.62. The molecule has 1 amide bonds. The van der Waals surface area contributed by atoms with E-state index in [0.717, 1.165) is 16.9 Å². The van der Waals surface area contributed by atoms with Crippen molar-refractivity contribution in [3.8, 4) is 11.5 Å². The Labute approximate surface area is 168 Å². The summed E-state index contributed by atoms with van der Waals surface area (Å²) in [6, 6.07) is 15.0. The smallest absolute Gasteiger partial charge is 0.271 e. The summed E-state index contributed by atoms with van der Waals surface area (Å²) in [5.74, 6) is 0.896. The Morgan fingerprint density at radius 3 is 2.61 bits per heavy atom. The number of aryl methyl sites for hydroxylation is 1. The van der Waals surface area contributed by atoms with Gasteiger partial charge in [-0.05, 0) is 43.7 Å². The van der Waals surface area contributed by atoms with E-state index in [1.54, 1.807) is 12.0 Å². The van der Waals surface area contributed by atoms with Crippen LogP contribution in [0.15, 0.2) is 60.0 Å². The molecule has 0 bridgehead atoms. The second-order valence-corrected chi connectivity index (χ2v) is 6.87. The number of thiazole rings is 1. The standard InChI is InChI=1S/C22H22N2O3S/c1-4-8-17-11-12-19(20(13-17)26-3)27-14-21(25)24(18-9-6-5-7-10-18)22-23-16(2)15-28-22/h4-13,15H,14H2,1-3H3/b8-4+. The molecule has 3 rings (SSSR count). The summed E-state index contributed by atoms with van der Waals surface area (Å²) >= 11 is 1.42. The number of anilines is 2. The van der Waals surface area contributed by atoms with Crippen LogP contribution < -0.4 is 14.4 Å². The molecule has 0 aliphatic heterocycles. The second kappa shape index (κ2) is 9.19. The highest BCUT2D eigenvalue weighted by Crippen LogP contribution is 2.31. The predicted octanol–water partition coefficient (Wildman–Crippen LogP) is 5.24. The zero-order valence-electron chi connectivity index (χ0n) is 16.1. The number of para-hydroxylation sites is 1. The van der Waals surface area contributed by atoms with Gasteiger partial charge in [-0.25, -0.2) is 4.98 Å². The van der Waals surface area contributed by atoms with Gasteiger partial charge in [-0.15, -0.1) is 11.3 Å². The lowest BCUT2D eigenvalue weighted by molar-refractivity contribution is -0.119. The van der Waals surface area contributed by atoms with Crippen LogP contribution in [-0.2, 0) is 4.79 Å². The van der Waals surface area contributed by atoms with Crippen LogP contribution in [0.1, 0.15) is 18.2 Å². The molecule has 0 atom stereocenters. The molecule has 5 nitrogen and oxygen atoms in total. The van der Waals surface area contributed by atoms with Crippen LogP contribution in [0.25, 0.3) is 6.08 Å². The lowest BCUT2D eigenvalue weighted by Gasteiger charge is -2.20. The third-order valence-corrected chi connectivity index (χ3v) is 4.90. The van der Waals surface area contributed by atoms with E-state index < -0.39 is 0 Å². The Morgan fingerprint density at radius 2 is 1.96 bits per heavy atom. The van der Waals surface area contributed by atoms with E-state index in [9.17, 15) is 4.79 Å². The monoisotopic (exact) mass is 394 g/mol. The molecule has 0 radical (unpaired) electrons. The minimum Gasteiger partial charge on any atom is -0.493 e. The molecule has 0 N–H and O–H groups in total. The number of hydrogen-bond acceptors (Lipinski definition) is 5. The van der Waals surface area contributed by atoms with E-state index >= 15 is 0 Å². The number of ether oxygens (including phenoxy) is 2.